The Morgan fingerprint density at radius 3 is 1.65 bits per heavy atom. The van der Waals surface area contributed by atoms with Gasteiger partial charge in [-0.2, -0.15) is 0 Å². The molecule has 0 radical (unpaired) electrons. The molecule has 2 atom stereocenters. The van der Waals surface area contributed by atoms with Crippen molar-refractivity contribution < 1.29 is 17.9 Å². The van der Waals surface area contributed by atoms with E-state index < -0.39 is 25.6 Å². The number of sulfone groups is 1. The fraction of sp³-hybridized carbons (Fsp3) is 0.286. The minimum Gasteiger partial charge on any atom is -0.360 e. The van der Waals surface area contributed by atoms with Crippen molar-refractivity contribution >= 4 is 15.6 Å². The highest BCUT2D eigenvalue weighted by atomic mass is 32.2. The first kappa shape index (κ1) is 26.7. The van der Waals surface area contributed by atoms with Gasteiger partial charge in [-0.15, -0.1) is 0 Å². The van der Waals surface area contributed by atoms with Crippen LogP contribution in [0.4, 0.5) is 0 Å². The number of carbonyl (C=O) groups excluding carboxylic acids is 1. The van der Waals surface area contributed by atoms with Crippen LogP contribution >= 0.6 is 0 Å². The van der Waals surface area contributed by atoms with Gasteiger partial charge in [-0.25, -0.2) is 8.42 Å². The number of aryl methyl sites for hydroxylation is 3. The molecule has 5 heteroatoms. The molecule has 0 unspecified atom stereocenters. The molecule has 4 nitrogen and oxygen atoms in total. The summed E-state index contributed by atoms with van der Waals surface area (Å²) in [5.74, 6) is -0.180. The van der Waals surface area contributed by atoms with Crippen LogP contribution < -0.4 is 0 Å². The van der Waals surface area contributed by atoms with Gasteiger partial charge in [0.15, 0.2) is 15.6 Å². The second kappa shape index (κ2) is 9.53. The van der Waals surface area contributed by atoms with Crippen LogP contribution in [0.2, 0.25) is 0 Å². The van der Waals surface area contributed by atoms with Crippen molar-refractivity contribution in [3.05, 3.63) is 137 Å². The Hall–Kier alpha value is -3.54. The fourth-order valence-corrected chi connectivity index (χ4v) is 10.1. The SMILES string of the molecule is Cc1cc(C)c(S(=O)(=O)[C@]23C[C@@]2(COC(c2ccccc2)(c2ccccc2)c2ccccc2)CCC3=O)c(C)c1. The molecule has 0 spiro atoms. The van der Waals surface area contributed by atoms with Crippen LogP contribution in [0.5, 0.6) is 0 Å². The van der Waals surface area contributed by atoms with Crippen LogP contribution in [-0.4, -0.2) is 25.6 Å². The maximum atomic E-state index is 14.4. The number of hydrogen-bond acceptors (Lipinski definition) is 4. The third-order valence-corrected chi connectivity index (χ3v) is 11.9. The van der Waals surface area contributed by atoms with E-state index in [9.17, 15) is 13.2 Å². The van der Waals surface area contributed by atoms with Gasteiger partial charge in [0.2, 0.25) is 0 Å². The summed E-state index contributed by atoms with van der Waals surface area (Å²) in [4.78, 5) is 13.9. The zero-order chi connectivity index (χ0) is 28.2. The molecule has 0 saturated heterocycles. The lowest BCUT2D eigenvalue weighted by Gasteiger charge is -2.37. The van der Waals surface area contributed by atoms with Crippen LogP contribution in [0.15, 0.2) is 108 Å². The molecule has 0 aromatic heterocycles. The smallest absolute Gasteiger partial charge is 0.192 e. The minimum atomic E-state index is -3.94. The van der Waals surface area contributed by atoms with Crippen molar-refractivity contribution in [2.45, 2.75) is 55.3 Å². The van der Waals surface area contributed by atoms with E-state index in [1.165, 1.54) is 0 Å². The molecule has 2 saturated carbocycles. The van der Waals surface area contributed by atoms with Gasteiger partial charge in [0, 0.05) is 11.8 Å². The molecule has 4 aromatic rings. The lowest BCUT2D eigenvalue weighted by atomic mass is 9.80. The summed E-state index contributed by atoms with van der Waals surface area (Å²) in [5, 5.41) is 0. The van der Waals surface area contributed by atoms with Crippen LogP contribution in [0.1, 0.15) is 52.6 Å². The zero-order valence-corrected chi connectivity index (χ0v) is 24.0. The number of fused-ring (bicyclic) bond motifs is 1. The van der Waals surface area contributed by atoms with Gasteiger partial charge in [-0.3, -0.25) is 4.79 Å². The maximum Gasteiger partial charge on any atom is 0.192 e. The van der Waals surface area contributed by atoms with Gasteiger partial charge in [0.25, 0.3) is 0 Å². The average Bonchev–Trinajstić information content (AvgIpc) is 3.56. The van der Waals surface area contributed by atoms with Crippen molar-refractivity contribution in [3.63, 3.8) is 0 Å². The molecule has 2 aliphatic carbocycles. The van der Waals surface area contributed by atoms with Crippen LogP contribution in [-0.2, 0) is 25.0 Å². The molecular weight excluding hydrogens is 516 g/mol. The van der Waals surface area contributed by atoms with Gasteiger partial charge in [0.1, 0.15) is 10.3 Å². The average molecular weight is 551 g/mol. The molecule has 4 aromatic carbocycles. The van der Waals surface area contributed by atoms with Crippen molar-refractivity contribution in [2.75, 3.05) is 6.61 Å². The van der Waals surface area contributed by atoms with E-state index in [-0.39, 0.29) is 18.8 Å². The van der Waals surface area contributed by atoms with Crippen molar-refractivity contribution in [1.29, 1.82) is 0 Å². The van der Waals surface area contributed by atoms with Gasteiger partial charge in [-0.1, -0.05) is 109 Å². The lowest BCUT2D eigenvalue weighted by molar-refractivity contribution is -0.118. The van der Waals surface area contributed by atoms with Gasteiger partial charge < -0.3 is 4.74 Å². The predicted octanol–water partition coefficient (Wildman–Crippen LogP) is 6.89. The number of ether oxygens (including phenoxy) is 1. The first-order chi connectivity index (χ1) is 19.2. The van der Waals surface area contributed by atoms with E-state index >= 15 is 0 Å². The normalized spacial score (nSPS) is 22.2. The molecule has 204 valence electrons. The molecule has 40 heavy (non-hydrogen) atoms. The Morgan fingerprint density at radius 2 is 1.20 bits per heavy atom. The summed E-state index contributed by atoms with van der Waals surface area (Å²) in [7, 11) is -3.94. The largest absolute Gasteiger partial charge is 0.360 e. The summed E-state index contributed by atoms with van der Waals surface area (Å²) in [6, 6.07) is 34.0. The van der Waals surface area contributed by atoms with Crippen molar-refractivity contribution in [3.8, 4) is 0 Å². The number of hydrogen-bond donors (Lipinski definition) is 0. The Balaban J connectivity index is 1.47. The van der Waals surface area contributed by atoms with Crippen LogP contribution in [0.3, 0.4) is 0 Å². The standard InChI is InChI=1S/C35H34O4S/c1-25-21-26(2)32(27(3)22-25)40(37,38)34-23-33(34,20-19-31(34)36)24-39-35(28-13-7-4-8-14-28,29-15-9-5-10-16-29)30-17-11-6-12-18-30/h4-18,21-22H,19-20,23-24H2,1-3H3/t33-,34+/m1/s1. The molecule has 0 N–H and O–H groups in total. The van der Waals surface area contributed by atoms with E-state index in [0.29, 0.717) is 28.9 Å². The number of Topliss-reactive ketones (excluding diaryl/α,β-unsaturated/α-hetero) is 1. The highest BCUT2D eigenvalue weighted by Crippen LogP contribution is 2.71. The predicted molar refractivity (Wildman–Crippen MR) is 157 cm³/mol. The minimum absolute atomic E-state index is 0.153. The highest BCUT2D eigenvalue weighted by molar-refractivity contribution is 7.94. The molecule has 2 aliphatic rings. The molecule has 0 heterocycles. The number of ketones is 1. The third kappa shape index (κ3) is 3.75. The quantitative estimate of drug-likeness (QED) is 0.224. The zero-order valence-electron chi connectivity index (χ0n) is 23.2. The van der Waals surface area contributed by atoms with E-state index in [1.807, 2.05) is 124 Å². The fourth-order valence-electron chi connectivity index (χ4n) is 7.22. The lowest BCUT2D eigenvalue weighted by Crippen LogP contribution is -2.39. The Kier molecular flexibility index (Phi) is 6.36. The summed E-state index contributed by atoms with van der Waals surface area (Å²) in [5.41, 5.74) is 3.51. The molecule has 0 bridgehead atoms. The van der Waals surface area contributed by atoms with E-state index in [2.05, 4.69) is 0 Å². The van der Waals surface area contributed by atoms with Gasteiger partial charge in [0.05, 0.1) is 11.5 Å². The number of rotatable bonds is 8. The molecule has 2 fully saturated rings. The van der Waals surface area contributed by atoms with Crippen LogP contribution in [0.25, 0.3) is 0 Å². The first-order valence-corrected chi connectivity index (χ1v) is 15.3. The second-order valence-corrected chi connectivity index (χ2v) is 13.6. The summed E-state index contributed by atoms with van der Waals surface area (Å²) < 4.78 is 34.5. The topological polar surface area (TPSA) is 60.4 Å². The van der Waals surface area contributed by atoms with Gasteiger partial charge >= 0.3 is 0 Å². The molecular formula is C35H34O4S. The Morgan fingerprint density at radius 1 is 0.750 bits per heavy atom. The van der Waals surface area contributed by atoms with E-state index in [1.54, 1.807) is 0 Å². The van der Waals surface area contributed by atoms with Crippen molar-refractivity contribution in [2.24, 2.45) is 5.41 Å². The molecule has 0 amide bonds. The number of carbonyl (C=O) groups is 1. The highest BCUT2D eigenvalue weighted by Gasteiger charge is 2.81. The summed E-state index contributed by atoms with van der Waals surface area (Å²) in [6.45, 7) is 5.77. The monoisotopic (exact) mass is 550 g/mol. The maximum absolute atomic E-state index is 14.4. The number of benzene rings is 4. The third-order valence-electron chi connectivity index (χ3n) is 9.04. The van der Waals surface area contributed by atoms with E-state index in [0.717, 1.165) is 22.3 Å². The van der Waals surface area contributed by atoms with Gasteiger partial charge in [-0.05, 0) is 61.4 Å². The van der Waals surface area contributed by atoms with E-state index in [4.69, 9.17) is 4.74 Å². The van der Waals surface area contributed by atoms with Crippen LogP contribution in [0, 0.1) is 26.2 Å². The Labute approximate surface area is 237 Å². The first-order valence-electron chi connectivity index (χ1n) is 13.8. The summed E-state index contributed by atoms with van der Waals surface area (Å²) in [6.07, 6.45) is 1.05. The molecule has 0 aliphatic heterocycles. The summed E-state index contributed by atoms with van der Waals surface area (Å²) >= 11 is 0. The second-order valence-electron chi connectivity index (χ2n) is 11.5. The van der Waals surface area contributed by atoms with Crippen molar-refractivity contribution in [1.82, 2.24) is 0 Å². The Bertz CT molecular complexity index is 1560. The molecule has 6 rings (SSSR count).